The molecule has 0 amide bonds. The van der Waals surface area contributed by atoms with Gasteiger partial charge in [0.1, 0.15) is 0 Å². The summed E-state index contributed by atoms with van der Waals surface area (Å²) in [7, 11) is -0.0157. The first-order chi connectivity index (χ1) is 12.0. The second-order valence-corrected chi connectivity index (χ2v) is 8.98. The summed E-state index contributed by atoms with van der Waals surface area (Å²) in [6.45, 7) is 3.06. The van der Waals surface area contributed by atoms with Gasteiger partial charge in [-0.2, -0.15) is 0 Å². The first-order valence-corrected chi connectivity index (χ1v) is 10.5. The van der Waals surface area contributed by atoms with Crippen LogP contribution in [0.25, 0.3) is 0 Å². The molecule has 1 heterocycles. The van der Waals surface area contributed by atoms with Gasteiger partial charge >= 0.3 is 0 Å². The van der Waals surface area contributed by atoms with Crippen molar-refractivity contribution in [2.45, 2.75) is 61.4 Å². The van der Waals surface area contributed by atoms with Crippen LogP contribution < -0.4 is 0 Å². The largest absolute Gasteiger partial charge is 0.385 e. The fourth-order valence-electron chi connectivity index (χ4n) is 3.30. The molecule has 25 heavy (non-hydrogen) atoms. The molecule has 0 radical (unpaired) electrons. The molecular weight excluding hydrogens is 340 g/mol. The summed E-state index contributed by atoms with van der Waals surface area (Å²) in [6.07, 6.45) is 3.34. The highest BCUT2D eigenvalue weighted by Gasteiger charge is 2.31. The molecule has 3 atom stereocenters. The van der Waals surface area contributed by atoms with Crippen LogP contribution in [-0.2, 0) is 24.0 Å². The predicted octanol–water partition coefficient (Wildman–Crippen LogP) is 3.15. The fraction of sp³-hybridized carbons (Fsp3) is 0.684. The van der Waals surface area contributed by atoms with E-state index in [0.29, 0.717) is 37.4 Å². The van der Waals surface area contributed by atoms with Gasteiger partial charge in [0, 0.05) is 20.8 Å². The van der Waals surface area contributed by atoms with Gasteiger partial charge in [-0.1, -0.05) is 17.7 Å². The molecule has 1 aromatic rings. The minimum atomic E-state index is -3.33. The molecule has 142 valence electrons. The van der Waals surface area contributed by atoms with E-state index in [1.807, 2.05) is 19.1 Å². The van der Waals surface area contributed by atoms with E-state index in [-0.39, 0.29) is 17.5 Å². The Bertz CT molecular complexity index is 611. The molecule has 1 saturated heterocycles. The van der Waals surface area contributed by atoms with Crippen LogP contribution in [-0.4, -0.2) is 53.3 Å². The Morgan fingerprint density at radius 2 is 1.64 bits per heavy atom. The van der Waals surface area contributed by atoms with Crippen LogP contribution in [0.5, 0.6) is 0 Å². The van der Waals surface area contributed by atoms with Crippen molar-refractivity contribution in [3.05, 3.63) is 29.8 Å². The van der Waals surface area contributed by atoms with Crippen molar-refractivity contribution in [2.24, 2.45) is 0 Å². The number of ether oxygens (including phenoxy) is 3. The highest BCUT2D eigenvalue weighted by Crippen LogP contribution is 2.29. The van der Waals surface area contributed by atoms with Crippen molar-refractivity contribution in [3.8, 4) is 0 Å². The van der Waals surface area contributed by atoms with Crippen molar-refractivity contribution >= 4 is 9.84 Å². The Kier molecular flexibility index (Phi) is 7.87. The number of methoxy groups -OCH3 is 2. The average molecular weight is 371 g/mol. The minimum absolute atomic E-state index is 0.0103. The van der Waals surface area contributed by atoms with Gasteiger partial charge in [0.05, 0.1) is 29.0 Å². The average Bonchev–Trinajstić information content (AvgIpc) is 2.56. The van der Waals surface area contributed by atoms with Gasteiger partial charge in [0.25, 0.3) is 0 Å². The predicted molar refractivity (Wildman–Crippen MR) is 97.7 cm³/mol. The number of hydrogen-bond acceptors (Lipinski definition) is 5. The van der Waals surface area contributed by atoms with E-state index in [4.69, 9.17) is 14.2 Å². The highest BCUT2D eigenvalue weighted by molar-refractivity contribution is 7.92. The maximum Gasteiger partial charge on any atom is 0.181 e. The molecule has 6 heteroatoms. The molecule has 0 bridgehead atoms. The van der Waals surface area contributed by atoms with Gasteiger partial charge in [-0.3, -0.25) is 0 Å². The molecule has 0 saturated carbocycles. The van der Waals surface area contributed by atoms with Gasteiger partial charge in [-0.05, 0) is 51.2 Å². The smallest absolute Gasteiger partial charge is 0.181 e. The lowest BCUT2D eigenvalue weighted by Crippen LogP contribution is -2.34. The van der Waals surface area contributed by atoms with Crippen molar-refractivity contribution in [2.75, 3.05) is 27.4 Å². The molecule has 0 N–H and O–H groups in total. The third-order valence-electron chi connectivity index (χ3n) is 4.79. The lowest BCUT2D eigenvalue weighted by Gasteiger charge is -2.30. The Balaban J connectivity index is 2.15. The number of benzene rings is 1. The Morgan fingerprint density at radius 3 is 2.24 bits per heavy atom. The summed E-state index contributed by atoms with van der Waals surface area (Å²) >= 11 is 0. The van der Waals surface area contributed by atoms with Crippen LogP contribution in [0.15, 0.2) is 29.2 Å². The molecular formula is C19H30O5S. The highest BCUT2D eigenvalue weighted by atomic mass is 32.2. The maximum atomic E-state index is 13.1. The second kappa shape index (κ2) is 9.67. The summed E-state index contributed by atoms with van der Waals surface area (Å²) in [5.41, 5.74) is 1.06. The summed E-state index contributed by atoms with van der Waals surface area (Å²) in [5.74, 6) is 0. The zero-order chi connectivity index (χ0) is 18.3. The van der Waals surface area contributed by atoms with Gasteiger partial charge in [-0.25, -0.2) is 8.42 Å². The van der Waals surface area contributed by atoms with E-state index in [0.717, 1.165) is 18.4 Å². The lowest BCUT2D eigenvalue weighted by molar-refractivity contribution is -0.0698. The molecule has 0 aromatic heterocycles. The third-order valence-corrected chi connectivity index (χ3v) is 7.07. The van der Waals surface area contributed by atoms with Crippen LogP contribution >= 0.6 is 0 Å². The third kappa shape index (κ3) is 5.78. The molecule has 1 aromatic carbocycles. The molecule has 5 nitrogen and oxygen atoms in total. The molecule has 0 spiro atoms. The zero-order valence-corrected chi connectivity index (χ0v) is 16.3. The van der Waals surface area contributed by atoms with Gasteiger partial charge in [0.2, 0.25) is 0 Å². The first-order valence-electron chi connectivity index (χ1n) is 8.91. The van der Waals surface area contributed by atoms with Crippen LogP contribution in [0.1, 0.15) is 37.7 Å². The maximum absolute atomic E-state index is 13.1. The van der Waals surface area contributed by atoms with Gasteiger partial charge in [-0.15, -0.1) is 0 Å². The molecule has 0 aliphatic carbocycles. The quantitative estimate of drug-likeness (QED) is 0.738. The SMILES string of the molecule is COCC[C@@H]1CCC(S(=O)(=O)c2ccc(C)cc2)CC[C@H](COC)O1. The second-order valence-electron chi connectivity index (χ2n) is 6.75. The van der Waals surface area contributed by atoms with E-state index >= 15 is 0 Å². The van der Waals surface area contributed by atoms with Crippen LogP contribution in [0.2, 0.25) is 0 Å². The topological polar surface area (TPSA) is 61.8 Å². The Labute approximate surface area is 151 Å². The van der Waals surface area contributed by atoms with Gasteiger partial charge < -0.3 is 14.2 Å². The number of sulfone groups is 1. The van der Waals surface area contributed by atoms with Crippen LogP contribution in [0.4, 0.5) is 0 Å². The molecule has 1 aliphatic heterocycles. The first kappa shape index (κ1) is 20.4. The summed E-state index contributed by atoms with van der Waals surface area (Å²) in [4.78, 5) is 0.418. The Hall–Kier alpha value is -0.950. The summed E-state index contributed by atoms with van der Waals surface area (Å²) in [5, 5.41) is -0.372. The molecule has 1 unspecified atom stereocenters. The molecule has 1 fully saturated rings. The van der Waals surface area contributed by atoms with E-state index in [1.54, 1.807) is 26.4 Å². The fourth-order valence-corrected chi connectivity index (χ4v) is 5.09. The summed E-state index contributed by atoms with van der Waals surface area (Å²) < 4.78 is 42.6. The monoisotopic (exact) mass is 370 g/mol. The van der Waals surface area contributed by atoms with Crippen molar-refractivity contribution in [1.82, 2.24) is 0 Å². The van der Waals surface area contributed by atoms with E-state index in [1.165, 1.54) is 0 Å². The van der Waals surface area contributed by atoms with E-state index in [2.05, 4.69) is 0 Å². The van der Waals surface area contributed by atoms with Crippen molar-refractivity contribution in [1.29, 1.82) is 0 Å². The minimum Gasteiger partial charge on any atom is -0.385 e. The standard InChI is InChI=1S/C19H30O5S/c1-15-4-8-18(9-5-15)25(20,21)19-10-6-16(12-13-22-2)24-17(7-11-19)14-23-3/h4-5,8-9,16-17,19H,6-7,10-14H2,1-3H3/t16-,17+,19?/m0/s1. The van der Waals surface area contributed by atoms with Gasteiger partial charge in [0.15, 0.2) is 9.84 Å². The Morgan fingerprint density at radius 1 is 1.00 bits per heavy atom. The normalized spacial score (nSPS) is 25.3. The molecule has 1 aliphatic rings. The number of aryl methyl sites for hydroxylation is 1. The zero-order valence-electron chi connectivity index (χ0n) is 15.4. The number of rotatable bonds is 7. The molecule has 2 rings (SSSR count). The van der Waals surface area contributed by atoms with E-state index < -0.39 is 9.84 Å². The van der Waals surface area contributed by atoms with Crippen LogP contribution in [0, 0.1) is 6.92 Å². The van der Waals surface area contributed by atoms with Crippen molar-refractivity contribution < 1.29 is 22.6 Å². The van der Waals surface area contributed by atoms with E-state index in [9.17, 15) is 8.42 Å². The summed E-state index contributed by atoms with van der Waals surface area (Å²) in [6, 6.07) is 7.14. The van der Waals surface area contributed by atoms with Crippen LogP contribution in [0.3, 0.4) is 0 Å². The number of hydrogen-bond donors (Lipinski definition) is 0. The van der Waals surface area contributed by atoms with Crippen molar-refractivity contribution in [3.63, 3.8) is 0 Å². The lowest BCUT2D eigenvalue weighted by atomic mass is 10.0.